The predicted octanol–water partition coefficient (Wildman–Crippen LogP) is 3.91. The molecule has 0 heterocycles. The van der Waals surface area contributed by atoms with Gasteiger partial charge in [-0.25, -0.2) is 8.78 Å². The summed E-state index contributed by atoms with van der Waals surface area (Å²) in [6, 6.07) is 4.43. The molecule has 0 aliphatic heterocycles. The van der Waals surface area contributed by atoms with E-state index >= 15 is 0 Å². The fourth-order valence-electron chi connectivity index (χ4n) is 0.877. The molecule has 1 aromatic carbocycles. The average molecular weight is 266 g/mol. The lowest BCUT2D eigenvalue weighted by Crippen LogP contribution is -1.92. The van der Waals surface area contributed by atoms with Crippen LogP contribution in [-0.4, -0.2) is 0 Å². The highest BCUT2D eigenvalue weighted by molar-refractivity contribution is 9.10. The van der Waals surface area contributed by atoms with Crippen molar-refractivity contribution < 1.29 is 8.78 Å². The van der Waals surface area contributed by atoms with Gasteiger partial charge >= 0.3 is 0 Å². The molecule has 0 amide bonds. The smallest absolute Gasteiger partial charge is 0.205 e. The van der Waals surface area contributed by atoms with Crippen LogP contribution in [0, 0.1) is 11.3 Å². The number of nitrogens with zero attached hydrogens (tertiary/aromatic N) is 1. The molecule has 1 rings (SSSR count). The van der Waals surface area contributed by atoms with Gasteiger partial charge in [-0.1, -0.05) is 11.6 Å². The highest BCUT2D eigenvalue weighted by Gasteiger charge is 2.18. The monoisotopic (exact) mass is 265 g/mol. The summed E-state index contributed by atoms with van der Waals surface area (Å²) in [5.41, 5.74) is -0.512. The lowest BCUT2D eigenvalue weighted by atomic mass is 10.1. The molecule has 0 radical (unpaired) electrons. The standard InChI is InChI=1S/C8H3BrClF2N/c9-5-2-1-4(3-13)6(7(5)10)8(11)12/h1-2,8H. The summed E-state index contributed by atoms with van der Waals surface area (Å²) in [5, 5.41) is 8.42. The molecule has 0 spiro atoms. The normalized spacial score (nSPS) is 10.2. The summed E-state index contributed by atoms with van der Waals surface area (Å²) in [5.74, 6) is 0. The van der Waals surface area contributed by atoms with Gasteiger partial charge in [0.1, 0.15) is 0 Å². The zero-order valence-corrected chi connectivity index (χ0v) is 8.53. The van der Waals surface area contributed by atoms with Gasteiger partial charge in [-0.2, -0.15) is 5.26 Å². The Morgan fingerprint density at radius 2 is 2.08 bits per heavy atom. The van der Waals surface area contributed by atoms with Gasteiger partial charge in [-0.3, -0.25) is 0 Å². The van der Waals surface area contributed by atoms with E-state index in [0.29, 0.717) is 4.47 Å². The second-order valence-corrected chi connectivity index (χ2v) is 3.47. The van der Waals surface area contributed by atoms with Crippen LogP contribution in [-0.2, 0) is 0 Å². The molecule has 5 heteroatoms. The number of rotatable bonds is 1. The summed E-state index contributed by atoms with van der Waals surface area (Å²) in [4.78, 5) is 0. The van der Waals surface area contributed by atoms with Crippen LogP contribution < -0.4 is 0 Å². The average Bonchev–Trinajstić information content (AvgIpc) is 2.08. The van der Waals surface area contributed by atoms with E-state index in [4.69, 9.17) is 16.9 Å². The zero-order valence-electron chi connectivity index (χ0n) is 6.19. The van der Waals surface area contributed by atoms with E-state index in [0.717, 1.165) is 0 Å². The molecule has 0 bridgehead atoms. The van der Waals surface area contributed by atoms with E-state index in [-0.39, 0.29) is 10.6 Å². The Hall–Kier alpha value is -0.660. The molecule has 0 saturated heterocycles. The fraction of sp³-hybridized carbons (Fsp3) is 0.125. The fourth-order valence-corrected chi connectivity index (χ4v) is 1.47. The first kappa shape index (κ1) is 10.4. The van der Waals surface area contributed by atoms with Crippen LogP contribution in [0.25, 0.3) is 0 Å². The van der Waals surface area contributed by atoms with Crippen LogP contribution in [0.5, 0.6) is 0 Å². The summed E-state index contributed by atoms with van der Waals surface area (Å²) >= 11 is 8.60. The molecule has 0 fully saturated rings. The minimum atomic E-state index is -2.74. The van der Waals surface area contributed by atoms with Crippen LogP contribution in [0.15, 0.2) is 16.6 Å². The van der Waals surface area contributed by atoms with Crippen molar-refractivity contribution in [3.63, 3.8) is 0 Å². The van der Waals surface area contributed by atoms with Crippen molar-refractivity contribution in [3.8, 4) is 6.07 Å². The van der Waals surface area contributed by atoms with Gasteiger partial charge in [-0.15, -0.1) is 0 Å². The van der Waals surface area contributed by atoms with Crippen molar-refractivity contribution in [3.05, 3.63) is 32.8 Å². The molecule has 0 aliphatic carbocycles. The summed E-state index contributed by atoms with van der Waals surface area (Å²) < 4.78 is 25.2. The highest BCUT2D eigenvalue weighted by Crippen LogP contribution is 2.35. The second kappa shape index (κ2) is 4.03. The molecule has 1 aromatic rings. The maximum absolute atomic E-state index is 12.4. The van der Waals surface area contributed by atoms with Crippen molar-refractivity contribution in [2.24, 2.45) is 0 Å². The molecule has 13 heavy (non-hydrogen) atoms. The highest BCUT2D eigenvalue weighted by atomic mass is 79.9. The van der Waals surface area contributed by atoms with Gasteiger partial charge in [0.05, 0.1) is 22.2 Å². The SMILES string of the molecule is N#Cc1ccc(Br)c(Cl)c1C(F)F. The van der Waals surface area contributed by atoms with Gasteiger partial charge in [0, 0.05) is 4.47 Å². The summed E-state index contributed by atoms with van der Waals surface area (Å²) in [6.45, 7) is 0. The number of hydrogen-bond acceptors (Lipinski definition) is 1. The topological polar surface area (TPSA) is 23.8 Å². The van der Waals surface area contributed by atoms with Gasteiger partial charge in [0.15, 0.2) is 0 Å². The number of alkyl halides is 2. The lowest BCUT2D eigenvalue weighted by Gasteiger charge is -2.06. The maximum atomic E-state index is 12.4. The van der Waals surface area contributed by atoms with Gasteiger partial charge in [0.2, 0.25) is 0 Å². The van der Waals surface area contributed by atoms with Crippen molar-refractivity contribution in [2.45, 2.75) is 6.43 Å². The molecule has 0 atom stereocenters. The first-order valence-electron chi connectivity index (χ1n) is 3.24. The van der Waals surface area contributed by atoms with E-state index in [1.54, 1.807) is 6.07 Å². The van der Waals surface area contributed by atoms with Crippen LogP contribution in [0.1, 0.15) is 17.6 Å². The molecular weight excluding hydrogens is 263 g/mol. The van der Waals surface area contributed by atoms with Crippen molar-refractivity contribution in [1.82, 2.24) is 0 Å². The Morgan fingerprint density at radius 1 is 1.46 bits per heavy atom. The number of nitriles is 1. The maximum Gasteiger partial charge on any atom is 0.266 e. The Bertz CT molecular complexity index is 373. The van der Waals surface area contributed by atoms with Gasteiger partial charge < -0.3 is 0 Å². The van der Waals surface area contributed by atoms with Crippen LogP contribution >= 0.6 is 27.5 Å². The van der Waals surface area contributed by atoms with Crippen LogP contribution in [0.4, 0.5) is 8.78 Å². The van der Waals surface area contributed by atoms with Crippen molar-refractivity contribution in [1.29, 1.82) is 5.26 Å². The second-order valence-electron chi connectivity index (χ2n) is 2.24. The number of halogens is 4. The molecule has 0 unspecified atom stereocenters. The zero-order chi connectivity index (χ0) is 10.0. The minimum absolute atomic E-state index is 0.0943. The summed E-state index contributed by atoms with van der Waals surface area (Å²) in [6.07, 6.45) is -2.74. The third-order valence-electron chi connectivity index (χ3n) is 1.47. The molecule has 68 valence electrons. The Kier molecular flexibility index (Phi) is 3.23. The Labute approximate surface area is 87.1 Å². The molecular formula is C8H3BrClF2N. The Morgan fingerprint density at radius 3 is 2.54 bits per heavy atom. The molecule has 0 N–H and O–H groups in total. The summed E-state index contributed by atoms with van der Waals surface area (Å²) in [7, 11) is 0. The van der Waals surface area contributed by atoms with E-state index in [2.05, 4.69) is 15.9 Å². The van der Waals surface area contributed by atoms with Crippen LogP contribution in [0.2, 0.25) is 5.02 Å². The molecule has 0 aromatic heterocycles. The molecule has 0 aliphatic rings. The van der Waals surface area contributed by atoms with Crippen LogP contribution in [0.3, 0.4) is 0 Å². The quantitative estimate of drug-likeness (QED) is 0.756. The third kappa shape index (κ3) is 1.98. The number of hydrogen-bond donors (Lipinski definition) is 0. The third-order valence-corrected chi connectivity index (χ3v) is 2.77. The molecule has 0 saturated carbocycles. The Balaban J connectivity index is 3.43. The van der Waals surface area contributed by atoms with E-state index < -0.39 is 12.0 Å². The first-order chi connectivity index (χ1) is 6.07. The predicted molar refractivity (Wildman–Crippen MR) is 48.8 cm³/mol. The largest absolute Gasteiger partial charge is 0.266 e. The van der Waals surface area contributed by atoms with Gasteiger partial charge in [0.25, 0.3) is 6.43 Å². The lowest BCUT2D eigenvalue weighted by molar-refractivity contribution is 0.151. The van der Waals surface area contributed by atoms with E-state index in [1.807, 2.05) is 0 Å². The van der Waals surface area contributed by atoms with Crippen molar-refractivity contribution in [2.75, 3.05) is 0 Å². The number of benzene rings is 1. The van der Waals surface area contributed by atoms with E-state index in [9.17, 15) is 8.78 Å². The van der Waals surface area contributed by atoms with Gasteiger partial charge in [-0.05, 0) is 28.1 Å². The first-order valence-corrected chi connectivity index (χ1v) is 4.41. The van der Waals surface area contributed by atoms with Crippen molar-refractivity contribution >= 4 is 27.5 Å². The minimum Gasteiger partial charge on any atom is -0.205 e. The molecule has 1 nitrogen and oxygen atoms in total. The van der Waals surface area contributed by atoms with E-state index in [1.165, 1.54) is 12.1 Å².